The van der Waals surface area contributed by atoms with E-state index in [0.29, 0.717) is 17.9 Å². The zero-order chi connectivity index (χ0) is 21.7. The van der Waals surface area contributed by atoms with Gasteiger partial charge in [0.15, 0.2) is 0 Å². The van der Waals surface area contributed by atoms with Crippen LogP contribution in [0.2, 0.25) is 0 Å². The number of allylic oxidation sites excluding steroid dienone is 1. The van der Waals surface area contributed by atoms with E-state index in [-0.39, 0.29) is 9.80 Å². The van der Waals surface area contributed by atoms with Crippen LogP contribution in [0.3, 0.4) is 0 Å². The van der Waals surface area contributed by atoms with E-state index in [1.807, 2.05) is 66.7 Å². The predicted molar refractivity (Wildman–Crippen MR) is 122 cm³/mol. The van der Waals surface area contributed by atoms with E-state index >= 15 is 0 Å². The molecule has 0 bridgehead atoms. The van der Waals surface area contributed by atoms with Gasteiger partial charge in [-0.25, -0.2) is 8.42 Å². The van der Waals surface area contributed by atoms with Gasteiger partial charge in [0.25, 0.3) is 0 Å². The summed E-state index contributed by atoms with van der Waals surface area (Å²) >= 11 is 0. The molecule has 0 N–H and O–H groups in total. The van der Waals surface area contributed by atoms with Crippen LogP contribution in [-0.2, 0) is 16.4 Å². The van der Waals surface area contributed by atoms with Crippen LogP contribution in [-0.4, -0.2) is 8.42 Å². The summed E-state index contributed by atoms with van der Waals surface area (Å²) in [5, 5.41) is 11.5. The van der Waals surface area contributed by atoms with Crippen molar-refractivity contribution in [2.24, 2.45) is 0 Å². The van der Waals surface area contributed by atoms with E-state index in [1.165, 1.54) is 18.2 Å². The fraction of sp³-hybridized carbons (Fsp3) is 0.0385. The molecule has 4 aromatic rings. The zero-order valence-corrected chi connectivity index (χ0v) is 17.4. The number of nitriles is 1. The van der Waals surface area contributed by atoms with Crippen molar-refractivity contribution in [2.75, 3.05) is 0 Å². The molecule has 0 spiro atoms. The average molecular weight is 426 g/mol. The molecule has 0 saturated carbocycles. The number of ether oxygens (including phenoxy) is 1. The second-order valence-corrected chi connectivity index (χ2v) is 8.83. The van der Waals surface area contributed by atoms with Gasteiger partial charge in [0.1, 0.15) is 23.3 Å². The second-order valence-electron chi connectivity index (χ2n) is 6.91. The maximum atomic E-state index is 13.1. The lowest BCUT2D eigenvalue weighted by atomic mass is 10.0. The summed E-state index contributed by atoms with van der Waals surface area (Å²) in [5.41, 5.74) is 1.55. The molecule has 31 heavy (non-hydrogen) atoms. The highest BCUT2D eigenvalue weighted by atomic mass is 32.2. The summed E-state index contributed by atoms with van der Waals surface area (Å²) in [6.45, 7) is 0.327. The molecule has 0 aliphatic rings. The summed E-state index contributed by atoms with van der Waals surface area (Å²) in [6.07, 6.45) is 1.41. The maximum absolute atomic E-state index is 13.1. The van der Waals surface area contributed by atoms with Crippen LogP contribution in [0.1, 0.15) is 11.1 Å². The number of hydrogen-bond acceptors (Lipinski definition) is 4. The Morgan fingerprint density at radius 1 is 0.839 bits per heavy atom. The van der Waals surface area contributed by atoms with Gasteiger partial charge >= 0.3 is 0 Å². The van der Waals surface area contributed by atoms with E-state index in [1.54, 1.807) is 24.3 Å². The minimum Gasteiger partial charge on any atom is -0.488 e. The molecule has 0 unspecified atom stereocenters. The Balaban J connectivity index is 1.83. The number of sulfone groups is 1. The molecule has 0 aromatic heterocycles. The molecule has 152 valence electrons. The molecule has 5 heteroatoms. The molecule has 0 heterocycles. The summed E-state index contributed by atoms with van der Waals surface area (Å²) in [7, 11) is -3.96. The molecule has 0 aliphatic heterocycles. The molecular weight excluding hydrogens is 406 g/mol. The van der Waals surface area contributed by atoms with Crippen molar-refractivity contribution in [1.29, 1.82) is 5.26 Å². The topological polar surface area (TPSA) is 67.2 Å². The highest BCUT2D eigenvalue weighted by molar-refractivity contribution is 7.95. The molecule has 4 aromatic carbocycles. The Hall–Kier alpha value is -3.88. The second kappa shape index (κ2) is 8.86. The van der Waals surface area contributed by atoms with Crippen molar-refractivity contribution in [3.8, 4) is 11.8 Å². The Labute approximate surface area is 181 Å². The van der Waals surface area contributed by atoms with Gasteiger partial charge in [0, 0.05) is 5.56 Å². The normalized spacial score (nSPS) is 11.8. The van der Waals surface area contributed by atoms with E-state index in [9.17, 15) is 13.7 Å². The Morgan fingerprint density at radius 2 is 1.48 bits per heavy atom. The molecule has 4 nitrogen and oxygen atoms in total. The van der Waals surface area contributed by atoms with Crippen molar-refractivity contribution in [1.82, 2.24) is 0 Å². The zero-order valence-electron chi connectivity index (χ0n) is 16.6. The first-order valence-electron chi connectivity index (χ1n) is 9.70. The van der Waals surface area contributed by atoms with Crippen LogP contribution >= 0.6 is 0 Å². The number of fused-ring (bicyclic) bond motifs is 1. The van der Waals surface area contributed by atoms with Crippen molar-refractivity contribution >= 4 is 26.7 Å². The number of benzene rings is 4. The van der Waals surface area contributed by atoms with Gasteiger partial charge in [-0.05, 0) is 40.6 Å². The lowest BCUT2D eigenvalue weighted by Gasteiger charge is -2.13. The van der Waals surface area contributed by atoms with Gasteiger partial charge < -0.3 is 4.74 Å². The minimum atomic E-state index is -3.96. The van der Waals surface area contributed by atoms with Gasteiger partial charge in [-0.3, -0.25) is 0 Å². The van der Waals surface area contributed by atoms with Gasteiger partial charge in [0.2, 0.25) is 9.84 Å². The first-order chi connectivity index (χ1) is 15.1. The molecule has 0 fully saturated rings. The molecule has 0 saturated heterocycles. The van der Waals surface area contributed by atoms with E-state index < -0.39 is 9.84 Å². The fourth-order valence-electron chi connectivity index (χ4n) is 3.31. The SMILES string of the molecule is N#C/C(=C/c1c(OCc2ccccc2)ccc2ccccc12)S(=O)(=O)c1ccccc1. The van der Waals surface area contributed by atoms with Crippen LogP contribution < -0.4 is 4.74 Å². The molecule has 0 amide bonds. The third kappa shape index (κ3) is 4.35. The Bertz CT molecular complexity index is 1390. The van der Waals surface area contributed by atoms with Crippen molar-refractivity contribution in [2.45, 2.75) is 11.5 Å². The smallest absolute Gasteiger partial charge is 0.216 e. The minimum absolute atomic E-state index is 0.0785. The molecule has 0 aliphatic carbocycles. The maximum Gasteiger partial charge on any atom is 0.216 e. The van der Waals surface area contributed by atoms with Crippen molar-refractivity contribution in [3.05, 3.63) is 113 Å². The van der Waals surface area contributed by atoms with Crippen LogP contribution in [0, 0.1) is 11.3 Å². The van der Waals surface area contributed by atoms with Crippen molar-refractivity contribution in [3.63, 3.8) is 0 Å². The summed E-state index contributed by atoms with van der Waals surface area (Å²) in [4.78, 5) is -0.255. The lowest BCUT2D eigenvalue weighted by Crippen LogP contribution is -2.04. The molecule has 0 radical (unpaired) electrons. The van der Waals surface area contributed by atoms with E-state index in [2.05, 4.69) is 0 Å². The van der Waals surface area contributed by atoms with Crippen molar-refractivity contribution < 1.29 is 13.2 Å². The van der Waals surface area contributed by atoms with Crippen LogP contribution in [0.15, 0.2) is 107 Å². The van der Waals surface area contributed by atoms with Gasteiger partial charge in [-0.2, -0.15) is 5.26 Å². The number of hydrogen-bond donors (Lipinski definition) is 0. The monoisotopic (exact) mass is 425 g/mol. The third-order valence-corrected chi connectivity index (χ3v) is 6.58. The highest BCUT2D eigenvalue weighted by Gasteiger charge is 2.21. The Kier molecular flexibility index (Phi) is 5.83. The standard InChI is InChI=1S/C26H19NO3S/c27-18-23(31(28,29)22-12-5-2-6-13-22)17-25-24-14-8-7-11-21(24)15-16-26(25)30-19-20-9-3-1-4-10-20/h1-17H,19H2/b23-17-. The number of nitrogens with zero attached hydrogens (tertiary/aromatic N) is 1. The van der Waals surface area contributed by atoms with Crippen LogP contribution in [0.4, 0.5) is 0 Å². The lowest BCUT2D eigenvalue weighted by molar-refractivity contribution is 0.306. The van der Waals surface area contributed by atoms with Gasteiger partial charge in [-0.15, -0.1) is 0 Å². The molecule has 0 atom stereocenters. The van der Waals surface area contributed by atoms with Crippen LogP contribution in [0.5, 0.6) is 5.75 Å². The van der Waals surface area contributed by atoms with E-state index in [4.69, 9.17) is 4.74 Å². The summed E-state index contributed by atoms with van der Waals surface area (Å²) < 4.78 is 32.2. The van der Waals surface area contributed by atoms with E-state index in [0.717, 1.165) is 16.3 Å². The largest absolute Gasteiger partial charge is 0.488 e. The highest BCUT2D eigenvalue weighted by Crippen LogP contribution is 2.32. The molecular formula is C26H19NO3S. The fourth-order valence-corrected chi connectivity index (χ4v) is 4.48. The third-order valence-electron chi connectivity index (χ3n) is 4.90. The molecule has 4 rings (SSSR count). The number of rotatable bonds is 6. The first kappa shape index (κ1) is 20.4. The quantitative estimate of drug-likeness (QED) is 0.369. The van der Waals surface area contributed by atoms with Gasteiger partial charge in [-0.1, -0.05) is 78.9 Å². The summed E-state index contributed by atoms with van der Waals surface area (Å²) in [6, 6.07) is 30.9. The van der Waals surface area contributed by atoms with Crippen LogP contribution in [0.25, 0.3) is 16.8 Å². The summed E-state index contributed by atoms with van der Waals surface area (Å²) in [5.74, 6) is 0.513. The first-order valence-corrected chi connectivity index (χ1v) is 11.2. The average Bonchev–Trinajstić information content (AvgIpc) is 2.82. The predicted octanol–water partition coefficient (Wildman–Crippen LogP) is 5.76. The Morgan fingerprint density at radius 3 is 2.19 bits per heavy atom. The van der Waals surface area contributed by atoms with Gasteiger partial charge in [0.05, 0.1) is 4.90 Å².